The van der Waals surface area contributed by atoms with Crippen molar-refractivity contribution in [1.29, 1.82) is 0 Å². The molecule has 1 atom stereocenters. The minimum atomic E-state index is -4.61. The number of aryl methyl sites for hydroxylation is 1. The molecule has 3 aliphatic rings. The van der Waals surface area contributed by atoms with Gasteiger partial charge >= 0.3 is 6.18 Å². The Bertz CT molecular complexity index is 1830. The van der Waals surface area contributed by atoms with E-state index < -0.39 is 29.2 Å². The number of nitrogens with zero attached hydrogens (tertiary/aromatic N) is 5. The number of anilines is 1. The molecule has 0 radical (unpaired) electrons. The number of aromatic nitrogens is 4. The zero-order valence-electron chi connectivity index (χ0n) is 25.1. The van der Waals surface area contributed by atoms with E-state index in [4.69, 9.17) is 4.98 Å². The van der Waals surface area contributed by atoms with Gasteiger partial charge in [-0.25, -0.2) is 15.0 Å². The van der Waals surface area contributed by atoms with Crippen LogP contribution >= 0.6 is 0 Å². The Kier molecular flexibility index (Phi) is 7.62. The normalized spacial score (nSPS) is 18.2. The Morgan fingerprint density at radius 1 is 0.957 bits per heavy atom. The number of aromatic amines is 1. The van der Waals surface area contributed by atoms with Crippen LogP contribution in [-0.4, -0.2) is 55.5 Å². The van der Waals surface area contributed by atoms with Crippen molar-refractivity contribution in [2.75, 3.05) is 24.5 Å². The van der Waals surface area contributed by atoms with Gasteiger partial charge in [0.25, 0.3) is 11.5 Å². The van der Waals surface area contributed by atoms with Crippen molar-refractivity contribution in [3.63, 3.8) is 0 Å². The molecule has 1 saturated heterocycles. The van der Waals surface area contributed by atoms with Gasteiger partial charge in [-0.05, 0) is 67.3 Å². The highest BCUT2D eigenvalue weighted by Gasteiger charge is 2.49. The molecule has 0 spiro atoms. The lowest BCUT2D eigenvalue weighted by atomic mass is 9.92. The molecule has 2 aromatic carbocycles. The van der Waals surface area contributed by atoms with Gasteiger partial charge < -0.3 is 19.9 Å². The van der Waals surface area contributed by atoms with Crippen LogP contribution in [0.25, 0.3) is 11.1 Å². The molecule has 46 heavy (non-hydrogen) atoms. The maximum atomic E-state index is 13.5. The number of hydrogen-bond donors (Lipinski definition) is 2. The summed E-state index contributed by atoms with van der Waals surface area (Å²) in [6.45, 7) is 2.08. The average Bonchev–Trinajstić information content (AvgIpc) is 3.76. The number of aliphatic hydroxyl groups excluding tert-OH is 1. The first-order valence-corrected chi connectivity index (χ1v) is 15.6. The summed E-state index contributed by atoms with van der Waals surface area (Å²) >= 11 is 0. The second-order valence-electron chi connectivity index (χ2n) is 12.4. The SMILES string of the molecule is O=C([C@H](O)c1cccc(C(F)(F)F)c1)N1CCCc2nc(C3(c4cccc(-c5cnc(N6CCCC6)nc5)c4)CC3)[nH]c(=O)c2C1. The molecule has 1 aliphatic carbocycles. The number of carbonyl (C=O) groups is 1. The number of hydrogen-bond acceptors (Lipinski definition) is 7. The summed E-state index contributed by atoms with van der Waals surface area (Å²) in [5.41, 5.74) is 1.92. The third kappa shape index (κ3) is 5.66. The second kappa shape index (κ2) is 11.7. The highest BCUT2D eigenvalue weighted by Crippen LogP contribution is 2.52. The highest BCUT2D eigenvalue weighted by atomic mass is 19.4. The summed E-state index contributed by atoms with van der Waals surface area (Å²) in [5.74, 6) is 0.564. The first kappa shape index (κ1) is 30.1. The third-order valence-electron chi connectivity index (χ3n) is 9.35. The molecule has 2 N–H and O–H groups in total. The molecule has 4 heterocycles. The van der Waals surface area contributed by atoms with Crippen molar-refractivity contribution in [3.8, 4) is 11.1 Å². The minimum absolute atomic E-state index is 0.0945. The van der Waals surface area contributed by atoms with Crippen LogP contribution in [0.3, 0.4) is 0 Å². The van der Waals surface area contributed by atoms with Crippen LogP contribution in [-0.2, 0) is 29.4 Å². The van der Waals surface area contributed by atoms with Crippen LogP contribution in [0.5, 0.6) is 0 Å². The van der Waals surface area contributed by atoms with Gasteiger partial charge in [0.2, 0.25) is 5.95 Å². The summed E-state index contributed by atoms with van der Waals surface area (Å²) in [5, 5.41) is 10.7. The molecular weight excluding hydrogens is 597 g/mol. The highest BCUT2D eigenvalue weighted by molar-refractivity contribution is 5.82. The van der Waals surface area contributed by atoms with Crippen molar-refractivity contribution in [1.82, 2.24) is 24.8 Å². The van der Waals surface area contributed by atoms with E-state index in [0.717, 1.165) is 79.6 Å². The molecule has 2 aliphatic heterocycles. The molecular formula is C34H33F3N6O3. The topological polar surface area (TPSA) is 115 Å². The van der Waals surface area contributed by atoms with Crippen LogP contribution in [0, 0.1) is 0 Å². The molecule has 7 rings (SSSR count). The Labute approximate surface area is 263 Å². The van der Waals surface area contributed by atoms with E-state index in [-0.39, 0.29) is 24.2 Å². The first-order valence-electron chi connectivity index (χ1n) is 15.6. The number of benzene rings is 2. The van der Waals surface area contributed by atoms with Crippen LogP contribution in [0.2, 0.25) is 0 Å². The standard InChI is InChI=1S/C34H33F3N6O3/c35-34(36,37)25-9-4-7-22(17-25)28(44)30(46)43-15-5-10-27-26(20-43)29(45)41-31(40-27)33(11-12-33)24-8-3-6-21(16-24)23-18-38-32(39-19-23)42-13-1-2-14-42/h3-4,6-9,16-19,28,44H,1-2,5,10-15,20H2,(H,40,41,45)/t28-/m1/s1. The third-order valence-corrected chi connectivity index (χ3v) is 9.35. The van der Waals surface area contributed by atoms with Crippen LogP contribution < -0.4 is 10.5 Å². The van der Waals surface area contributed by atoms with E-state index in [1.165, 1.54) is 11.0 Å². The zero-order valence-corrected chi connectivity index (χ0v) is 25.1. The van der Waals surface area contributed by atoms with Crippen molar-refractivity contribution in [3.05, 3.63) is 105 Å². The van der Waals surface area contributed by atoms with Crippen molar-refractivity contribution in [2.45, 2.75) is 62.8 Å². The number of halogens is 3. The number of carbonyl (C=O) groups excluding carboxylic acids is 1. The number of nitrogens with one attached hydrogen (secondary N) is 1. The van der Waals surface area contributed by atoms with E-state index in [2.05, 4.69) is 25.9 Å². The first-order chi connectivity index (χ1) is 22.1. The van der Waals surface area contributed by atoms with E-state index in [1.54, 1.807) is 0 Å². The van der Waals surface area contributed by atoms with Gasteiger partial charge in [-0.3, -0.25) is 9.59 Å². The second-order valence-corrected chi connectivity index (χ2v) is 12.4. The molecule has 1 saturated carbocycles. The molecule has 2 fully saturated rings. The Balaban J connectivity index is 1.12. The van der Waals surface area contributed by atoms with Gasteiger partial charge in [0.15, 0.2) is 6.10 Å². The molecule has 0 unspecified atom stereocenters. The monoisotopic (exact) mass is 630 g/mol. The smallest absolute Gasteiger partial charge is 0.378 e. The predicted molar refractivity (Wildman–Crippen MR) is 164 cm³/mol. The number of amides is 1. The van der Waals surface area contributed by atoms with Crippen LogP contribution in [0.4, 0.5) is 19.1 Å². The van der Waals surface area contributed by atoms with E-state index in [1.807, 2.05) is 30.6 Å². The summed E-state index contributed by atoms with van der Waals surface area (Å²) < 4.78 is 39.6. The molecule has 0 bridgehead atoms. The summed E-state index contributed by atoms with van der Waals surface area (Å²) in [4.78, 5) is 47.3. The van der Waals surface area contributed by atoms with Gasteiger partial charge in [-0.15, -0.1) is 0 Å². The number of H-pyrrole nitrogens is 1. The van der Waals surface area contributed by atoms with E-state index in [9.17, 15) is 27.9 Å². The van der Waals surface area contributed by atoms with Gasteiger partial charge in [0, 0.05) is 37.6 Å². The van der Waals surface area contributed by atoms with E-state index >= 15 is 0 Å². The fourth-order valence-corrected chi connectivity index (χ4v) is 6.57. The van der Waals surface area contributed by atoms with Crippen molar-refractivity contribution in [2.24, 2.45) is 0 Å². The molecule has 12 heteroatoms. The van der Waals surface area contributed by atoms with Gasteiger partial charge in [0.05, 0.1) is 28.8 Å². The lowest BCUT2D eigenvalue weighted by Crippen LogP contribution is -2.36. The van der Waals surface area contributed by atoms with Crippen LogP contribution in [0.1, 0.15) is 72.0 Å². The van der Waals surface area contributed by atoms with E-state index in [0.29, 0.717) is 29.9 Å². The number of fused-ring (bicyclic) bond motifs is 1. The molecule has 1 amide bonds. The number of aliphatic hydroxyl groups is 1. The fourth-order valence-electron chi connectivity index (χ4n) is 6.57. The zero-order chi connectivity index (χ0) is 32.1. The Morgan fingerprint density at radius 2 is 1.70 bits per heavy atom. The summed E-state index contributed by atoms with van der Waals surface area (Å²) in [6, 6.07) is 12.2. The van der Waals surface area contributed by atoms with Crippen LogP contribution in [0.15, 0.2) is 65.7 Å². The molecule has 4 aromatic rings. The van der Waals surface area contributed by atoms with Gasteiger partial charge in [0.1, 0.15) is 5.82 Å². The number of rotatable bonds is 6. The summed E-state index contributed by atoms with van der Waals surface area (Å²) in [6.07, 6.45) is 2.16. The Hall–Kier alpha value is -4.58. The molecule has 2 aromatic heterocycles. The quantitative estimate of drug-likeness (QED) is 0.310. The maximum Gasteiger partial charge on any atom is 0.416 e. The van der Waals surface area contributed by atoms with Gasteiger partial charge in [-0.2, -0.15) is 13.2 Å². The molecule has 9 nitrogen and oxygen atoms in total. The largest absolute Gasteiger partial charge is 0.416 e. The Morgan fingerprint density at radius 3 is 2.41 bits per heavy atom. The average molecular weight is 631 g/mol. The minimum Gasteiger partial charge on any atom is -0.378 e. The van der Waals surface area contributed by atoms with Gasteiger partial charge in [-0.1, -0.05) is 36.4 Å². The lowest BCUT2D eigenvalue weighted by Gasteiger charge is -2.24. The number of alkyl halides is 3. The van der Waals surface area contributed by atoms with Crippen molar-refractivity contribution >= 4 is 11.9 Å². The predicted octanol–water partition coefficient (Wildman–Crippen LogP) is 4.93. The fraction of sp³-hybridized carbons (Fsp3) is 0.382. The molecule has 238 valence electrons. The lowest BCUT2D eigenvalue weighted by molar-refractivity contribution is -0.142. The summed E-state index contributed by atoms with van der Waals surface area (Å²) in [7, 11) is 0. The van der Waals surface area contributed by atoms with Crippen molar-refractivity contribution < 1.29 is 23.1 Å². The maximum absolute atomic E-state index is 13.5.